The van der Waals surface area contributed by atoms with Crippen molar-refractivity contribution in [2.45, 2.75) is 39.7 Å². The summed E-state index contributed by atoms with van der Waals surface area (Å²) in [7, 11) is 0. The highest BCUT2D eigenvalue weighted by Gasteiger charge is 2.46. The van der Waals surface area contributed by atoms with Crippen molar-refractivity contribution in [3.05, 3.63) is 89.2 Å². The molecule has 1 saturated heterocycles. The van der Waals surface area contributed by atoms with Gasteiger partial charge in [-0.25, -0.2) is 0 Å². The van der Waals surface area contributed by atoms with E-state index in [9.17, 15) is 19.5 Å². The van der Waals surface area contributed by atoms with Gasteiger partial charge in [-0.2, -0.15) is 0 Å². The first-order chi connectivity index (χ1) is 17.8. The zero-order chi connectivity index (χ0) is 26.7. The summed E-state index contributed by atoms with van der Waals surface area (Å²) >= 11 is 1.62. The average Bonchev–Trinajstić information content (AvgIpc) is 3.44. The van der Waals surface area contributed by atoms with Crippen LogP contribution < -0.4 is 9.80 Å². The van der Waals surface area contributed by atoms with Crippen LogP contribution >= 0.6 is 11.8 Å². The third-order valence-corrected chi connectivity index (χ3v) is 7.50. The van der Waals surface area contributed by atoms with Crippen LogP contribution in [0, 0.1) is 5.92 Å². The minimum absolute atomic E-state index is 0.00938. The summed E-state index contributed by atoms with van der Waals surface area (Å²) in [4.78, 5) is 43.8. The summed E-state index contributed by atoms with van der Waals surface area (Å²) in [5, 5.41) is 11.0. The molecule has 37 heavy (non-hydrogen) atoms. The largest absolute Gasteiger partial charge is 0.503 e. The Morgan fingerprint density at radius 2 is 1.81 bits per heavy atom. The van der Waals surface area contributed by atoms with Crippen molar-refractivity contribution in [2.75, 3.05) is 22.6 Å². The summed E-state index contributed by atoms with van der Waals surface area (Å²) in [5.74, 6) is -1.87. The Balaban J connectivity index is 1.85. The second-order valence-corrected chi connectivity index (χ2v) is 10.2. The molecule has 2 aromatic carbocycles. The quantitative estimate of drug-likeness (QED) is 0.422. The third kappa shape index (κ3) is 5.01. The molecule has 7 heteroatoms. The predicted molar refractivity (Wildman–Crippen MR) is 151 cm³/mol. The van der Waals surface area contributed by atoms with E-state index < -0.39 is 23.6 Å². The zero-order valence-electron chi connectivity index (χ0n) is 21.6. The maximum absolute atomic E-state index is 13.5. The van der Waals surface area contributed by atoms with Gasteiger partial charge in [0.05, 0.1) is 11.6 Å². The Bertz CT molecular complexity index is 1310. The molecule has 4 rings (SSSR count). The summed E-state index contributed by atoms with van der Waals surface area (Å²) in [5.41, 5.74) is 2.93. The molecule has 1 fully saturated rings. The Labute approximate surface area is 222 Å². The predicted octanol–water partition coefficient (Wildman–Crippen LogP) is 6.22. The molecular weight excluding hydrogens is 484 g/mol. The number of anilines is 2. The van der Waals surface area contributed by atoms with Gasteiger partial charge in [0.1, 0.15) is 0 Å². The van der Waals surface area contributed by atoms with Gasteiger partial charge in [-0.1, -0.05) is 56.3 Å². The van der Waals surface area contributed by atoms with Crippen LogP contribution in [0.2, 0.25) is 0 Å². The summed E-state index contributed by atoms with van der Waals surface area (Å²) < 4.78 is 0. The normalized spacial score (nSPS) is 18.7. The molecule has 1 unspecified atom stereocenters. The molecule has 0 saturated carbocycles. The molecule has 2 aromatic rings. The molecule has 192 valence electrons. The van der Waals surface area contributed by atoms with E-state index in [4.69, 9.17) is 0 Å². The van der Waals surface area contributed by atoms with Gasteiger partial charge in [0.25, 0.3) is 5.91 Å². The first kappa shape index (κ1) is 26.5. The number of ketones is 1. The maximum atomic E-state index is 13.5. The number of hydrogen-bond acceptors (Lipinski definition) is 5. The Hall–Kier alpha value is -3.58. The standard InChI is InChI=1S/C30H32N2O4S/c1-5-6-12-24(37-4)20-14-16-21(17-15-20)32-27(26(28(34)19(2)3)29(35)30(32)36)22-10-7-8-11-23(22)31-18-9-13-25(31)33/h5-8,10-12,14-17,19,27,35H,9,13,18H2,1-4H3/b6-5+,24-12-. The van der Waals surface area contributed by atoms with Crippen molar-refractivity contribution >= 4 is 45.6 Å². The lowest BCUT2D eigenvalue weighted by Crippen LogP contribution is -2.33. The fraction of sp³-hybridized carbons (Fsp3) is 0.300. The number of nitrogens with zero attached hydrogens (tertiary/aromatic N) is 2. The lowest BCUT2D eigenvalue weighted by atomic mass is 9.90. The number of hydrogen-bond donors (Lipinski definition) is 1. The van der Waals surface area contributed by atoms with Crippen molar-refractivity contribution in [3.63, 3.8) is 0 Å². The Kier molecular flexibility index (Phi) is 8.03. The maximum Gasteiger partial charge on any atom is 0.294 e. The number of aliphatic hydroxyl groups is 1. The molecule has 1 atom stereocenters. The molecular formula is C30H32N2O4S. The fourth-order valence-electron chi connectivity index (χ4n) is 4.85. The van der Waals surface area contributed by atoms with E-state index in [1.54, 1.807) is 30.5 Å². The molecule has 2 aliphatic rings. The number of amides is 2. The lowest BCUT2D eigenvalue weighted by Gasteiger charge is -2.31. The molecule has 0 bridgehead atoms. The zero-order valence-corrected chi connectivity index (χ0v) is 22.4. The average molecular weight is 517 g/mol. The highest BCUT2D eigenvalue weighted by molar-refractivity contribution is 8.07. The molecule has 0 radical (unpaired) electrons. The molecule has 0 spiro atoms. The van der Waals surface area contributed by atoms with Gasteiger partial charge in [0.2, 0.25) is 5.91 Å². The van der Waals surface area contributed by atoms with Gasteiger partial charge < -0.3 is 10.0 Å². The van der Waals surface area contributed by atoms with Crippen LogP contribution in [-0.4, -0.2) is 35.5 Å². The van der Waals surface area contributed by atoms with Crippen molar-refractivity contribution in [1.29, 1.82) is 0 Å². The third-order valence-electron chi connectivity index (χ3n) is 6.68. The van der Waals surface area contributed by atoms with Crippen LogP contribution in [-0.2, 0) is 14.4 Å². The summed E-state index contributed by atoms with van der Waals surface area (Å²) in [6, 6.07) is 14.0. The van der Waals surface area contributed by atoms with Crippen LogP contribution in [0.5, 0.6) is 0 Å². The SMILES string of the molecule is C/C=C/C=C(\SC)c1ccc(N2C(=O)C(O)=C(C(=O)C(C)C)C2c2ccccc2N2CCCC2=O)cc1. The van der Waals surface area contributed by atoms with Gasteiger partial charge in [-0.3, -0.25) is 19.3 Å². The van der Waals surface area contributed by atoms with E-state index in [-0.39, 0.29) is 17.3 Å². The first-order valence-corrected chi connectivity index (χ1v) is 13.7. The van der Waals surface area contributed by atoms with Crippen LogP contribution in [0.15, 0.2) is 78.1 Å². The minimum Gasteiger partial charge on any atom is -0.503 e. The van der Waals surface area contributed by atoms with Gasteiger partial charge >= 0.3 is 0 Å². The Morgan fingerprint density at radius 1 is 1.11 bits per heavy atom. The number of carbonyl (C=O) groups excluding carboxylic acids is 3. The summed E-state index contributed by atoms with van der Waals surface area (Å²) in [6.45, 7) is 6.03. The molecule has 2 aliphatic heterocycles. The van der Waals surface area contributed by atoms with Gasteiger partial charge in [-0.05, 0) is 49.4 Å². The van der Waals surface area contributed by atoms with E-state index in [1.807, 2.05) is 79.9 Å². The van der Waals surface area contributed by atoms with E-state index in [2.05, 4.69) is 0 Å². The number of benzene rings is 2. The number of rotatable bonds is 8. The van der Waals surface area contributed by atoms with Crippen molar-refractivity contribution in [1.82, 2.24) is 0 Å². The van der Waals surface area contributed by atoms with E-state index >= 15 is 0 Å². The second-order valence-electron chi connectivity index (χ2n) is 9.37. The number of thioether (sulfide) groups is 1. The van der Waals surface area contributed by atoms with Crippen LogP contribution in [0.25, 0.3) is 4.91 Å². The van der Waals surface area contributed by atoms with Crippen LogP contribution in [0.4, 0.5) is 11.4 Å². The van der Waals surface area contributed by atoms with Gasteiger partial charge in [0.15, 0.2) is 11.5 Å². The van der Waals surface area contributed by atoms with Gasteiger partial charge in [-0.15, -0.1) is 11.8 Å². The lowest BCUT2D eigenvalue weighted by molar-refractivity contribution is -0.119. The number of Topliss-reactive ketones (excluding diaryl/α,β-unsaturated/α-hetero) is 1. The number of carbonyl (C=O) groups is 3. The number of allylic oxidation sites excluding steroid dienone is 3. The van der Waals surface area contributed by atoms with Crippen molar-refractivity contribution in [3.8, 4) is 0 Å². The second kappa shape index (κ2) is 11.2. The smallest absolute Gasteiger partial charge is 0.294 e. The monoisotopic (exact) mass is 516 g/mol. The minimum atomic E-state index is -0.851. The highest BCUT2D eigenvalue weighted by Crippen LogP contribution is 2.45. The fourth-order valence-corrected chi connectivity index (χ4v) is 5.43. The molecule has 2 amide bonds. The molecule has 1 N–H and O–H groups in total. The topological polar surface area (TPSA) is 77.9 Å². The van der Waals surface area contributed by atoms with E-state index in [1.165, 1.54) is 4.90 Å². The van der Waals surface area contributed by atoms with E-state index in [0.717, 1.165) is 16.9 Å². The van der Waals surface area contributed by atoms with Crippen LogP contribution in [0.3, 0.4) is 0 Å². The van der Waals surface area contributed by atoms with Crippen LogP contribution in [0.1, 0.15) is 50.8 Å². The molecule has 0 aliphatic carbocycles. The van der Waals surface area contributed by atoms with Crippen molar-refractivity contribution in [2.24, 2.45) is 5.92 Å². The molecule has 2 heterocycles. The highest BCUT2D eigenvalue weighted by atomic mass is 32.2. The van der Waals surface area contributed by atoms with E-state index in [0.29, 0.717) is 29.9 Å². The van der Waals surface area contributed by atoms with Crippen molar-refractivity contribution < 1.29 is 19.5 Å². The number of para-hydroxylation sites is 1. The Morgan fingerprint density at radius 3 is 2.41 bits per heavy atom. The molecule has 0 aromatic heterocycles. The first-order valence-electron chi connectivity index (χ1n) is 12.5. The molecule has 6 nitrogen and oxygen atoms in total. The number of aliphatic hydroxyl groups excluding tert-OH is 1. The summed E-state index contributed by atoms with van der Waals surface area (Å²) in [6.07, 6.45) is 9.18. The van der Waals surface area contributed by atoms with Gasteiger partial charge in [0, 0.05) is 40.7 Å².